The molecule has 4 nitrogen and oxygen atoms in total. The number of rotatable bonds is 3. The van der Waals surface area contributed by atoms with E-state index < -0.39 is 0 Å². The summed E-state index contributed by atoms with van der Waals surface area (Å²) in [5.41, 5.74) is 0. The van der Waals surface area contributed by atoms with E-state index in [1.165, 1.54) is 0 Å². The van der Waals surface area contributed by atoms with Gasteiger partial charge in [0.15, 0.2) is 0 Å². The molecule has 2 fully saturated rings. The number of piperidine rings is 1. The quantitative estimate of drug-likeness (QED) is 0.665. The summed E-state index contributed by atoms with van der Waals surface area (Å²) in [6.45, 7) is 3.23. The first-order valence-electron chi connectivity index (χ1n) is 5.32. The molecule has 0 unspecified atom stereocenters. The topological polar surface area (TPSA) is 47.6 Å². The minimum Gasteiger partial charge on any atom is -0.457 e. The van der Waals surface area contributed by atoms with E-state index in [0.29, 0.717) is 25.6 Å². The van der Waals surface area contributed by atoms with Gasteiger partial charge in [0.05, 0.1) is 13.2 Å². The van der Waals surface area contributed by atoms with E-state index in [1.807, 2.05) is 0 Å². The lowest BCUT2D eigenvalue weighted by molar-refractivity contribution is -0.173. The van der Waals surface area contributed by atoms with E-state index in [4.69, 9.17) is 9.47 Å². The molecule has 2 aliphatic rings. The van der Waals surface area contributed by atoms with Crippen molar-refractivity contribution in [2.24, 2.45) is 5.92 Å². The molecule has 1 N–H and O–H groups in total. The summed E-state index contributed by atoms with van der Waals surface area (Å²) in [6, 6.07) is 0. The zero-order chi connectivity index (χ0) is 9.80. The van der Waals surface area contributed by atoms with E-state index in [2.05, 4.69) is 5.32 Å². The van der Waals surface area contributed by atoms with Gasteiger partial charge in [0, 0.05) is 6.42 Å². The van der Waals surface area contributed by atoms with E-state index in [0.717, 1.165) is 25.9 Å². The Kier molecular flexibility index (Phi) is 3.37. The second kappa shape index (κ2) is 4.75. The monoisotopic (exact) mass is 199 g/mol. The molecule has 2 rings (SSSR count). The molecule has 0 aliphatic carbocycles. The highest BCUT2D eigenvalue weighted by Crippen LogP contribution is 2.17. The van der Waals surface area contributed by atoms with Crippen LogP contribution in [0.15, 0.2) is 0 Å². The first-order chi connectivity index (χ1) is 6.84. The van der Waals surface area contributed by atoms with Gasteiger partial charge in [-0.05, 0) is 31.8 Å². The van der Waals surface area contributed by atoms with Crippen LogP contribution in [0.4, 0.5) is 0 Å². The lowest BCUT2D eigenvalue weighted by atomic mass is 9.95. The SMILES string of the molecule is O=C(CC1CCNCC1)OC1COC1. The zero-order valence-electron chi connectivity index (χ0n) is 8.33. The molecule has 14 heavy (non-hydrogen) atoms. The van der Waals surface area contributed by atoms with Crippen LogP contribution in [0.3, 0.4) is 0 Å². The van der Waals surface area contributed by atoms with Crippen LogP contribution in [0.1, 0.15) is 19.3 Å². The fourth-order valence-corrected chi connectivity index (χ4v) is 1.84. The Morgan fingerprint density at radius 3 is 2.64 bits per heavy atom. The van der Waals surface area contributed by atoms with Crippen molar-refractivity contribution in [1.29, 1.82) is 0 Å². The number of hydrogen-bond acceptors (Lipinski definition) is 4. The maximum atomic E-state index is 11.4. The van der Waals surface area contributed by atoms with Crippen molar-refractivity contribution in [3.8, 4) is 0 Å². The van der Waals surface area contributed by atoms with Crippen molar-refractivity contribution < 1.29 is 14.3 Å². The molecule has 0 amide bonds. The Hall–Kier alpha value is -0.610. The van der Waals surface area contributed by atoms with Crippen LogP contribution in [0.2, 0.25) is 0 Å². The average molecular weight is 199 g/mol. The van der Waals surface area contributed by atoms with Gasteiger partial charge in [0.25, 0.3) is 0 Å². The van der Waals surface area contributed by atoms with Crippen LogP contribution in [0.25, 0.3) is 0 Å². The van der Waals surface area contributed by atoms with Crippen LogP contribution < -0.4 is 5.32 Å². The number of nitrogens with one attached hydrogen (secondary N) is 1. The lowest BCUT2D eigenvalue weighted by Gasteiger charge is -2.27. The minimum absolute atomic E-state index is 0.0317. The van der Waals surface area contributed by atoms with E-state index in [1.54, 1.807) is 0 Å². The highest BCUT2D eigenvalue weighted by Gasteiger charge is 2.24. The highest BCUT2D eigenvalue weighted by atomic mass is 16.6. The van der Waals surface area contributed by atoms with Gasteiger partial charge in [0.2, 0.25) is 0 Å². The summed E-state index contributed by atoms with van der Waals surface area (Å²) in [5.74, 6) is 0.468. The number of ether oxygens (including phenoxy) is 2. The first-order valence-corrected chi connectivity index (χ1v) is 5.32. The summed E-state index contributed by atoms with van der Waals surface area (Å²) in [5, 5.41) is 3.28. The number of carbonyl (C=O) groups excluding carboxylic acids is 1. The fraction of sp³-hybridized carbons (Fsp3) is 0.900. The zero-order valence-corrected chi connectivity index (χ0v) is 8.33. The van der Waals surface area contributed by atoms with Gasteiger partial charge in [-0.2, -0.15) is 0 Å². The van der Waals surface area contributed by atoms with E-state index in [9.17, 15) is 4.79 Å². The molecule has 2 saturated heterocycles. The van der Waals surface area contributed by atoms with Gasteiger partial charge in [-0.15, -0.1) is 0 Å². The van der Waals surface area contributed by atoms with Crippen LogP contribution in [-0.4, -0.2) is 38.4 Å². The van der Waals surface area contributed by atoms with Crippen molar-refractivity contribution in [3.63, 3.8) is 0 Å². The molecule has 0 aromatic heterocycles. The molecular weight excluding hydrogens is 182 g/mol. The molecule has 2 aliphatic heterocycles. The normalized spacial score (nSPS) is 24.3. The molecule has 2 heterocycles. The van der Waals surface area contributed by atoms with Gasteiger partial charge < -0.3 is 14.8 Å². The van der Waals surface area contributed by atoms with Crippen LogP contribution in [0.5, 0.6) is 0 Å². The maximum Gasteiger partial charge on any atom is 0.306 e. The highest BCUT2D eigenvalue weighted by molar-refractivity contribution is 5.70. The molecule has 0 radical (unpaired) electrons. The van der Waals surface area contributed by atoms with Gasteiger partial charge in [-0.1, -0.05) is 0 Å². The summed E-state index contributed by atoms with van der Waals surface area (Å²) < 4.78 is 10.1. The molecule has 0 aromatic rings. The van der Waals surface area contributed by atoms with Gasteiger partial charge in [0.1, 0.15) is 6.10 Å². The van der Waals surface area contributed by atoms with Crippen LogP contribution >= 0.6 is 0 Å². The minimum atomic E-state index is -0.0507. The Morgan fingerprint density at radius 1 is 1.36 bits per heavy atom. The van der Waals surface area contributed by atoms with Gasteiger partial charge in [-0.25, -0.2) is 0 Å². The second-order valence-corrected chi connectivity index (χ2v) is 4.05. The van der Waals surface area contributed by atoms with Crippen LogP contribution in [0, 0.1) is 5.92 Å². The van der Waals surface area contributed by atoms with Crippen molar-refractivity contribution in [3.05, 3.63) is 0 Å². The predicted molar refractivity (Wildman–Crippen MR) is 50.9 cm³/mol. The van der Waals surface area contributed by atoms with Crippen LogP contribution in [-0.2, 0) is 14.3 Å². The third-order valence-corrected chi connectivity index (χ3v) is 2.82. The number of hydrogen-bond donors (Lipinski definition) is 1. The molecule has 0 saturated carbocycles. The van der Waals surface area contributed by atoms with Crippen molar-refractivity contribution in [2.45, 2.75) is 25.4 Å². The summed E-state index contributed by atoms with van der Waals surface area (Å²) in [6.07, 6.45) is 2.80. The lowest BCUT2D eigenvalue weighted by Crippen LogP contribution is -2.38. The first kappa shape index (κ1) is 9.93. The fourth-order valence-electron chi connectivity index (χ4n) is 1.84. The smallest absolute Gasteiger partial charge is 0.306 e. The average Bonchev–Trinajstić information content (AvgIpc) is 2.13. The second-order valence-electron chi connectivity index (χ2n) is 4.05. The van der Waals surface area contributed by atoms with Crippen molar-refractivity contribution in [2.75, 3.05) is 26.3 Å². The van der Waals surface area contributed by atoms with E-state index in [-0.39, 0.29) is 12.1 Å². The molecular formula is C10H17NO3. The van der Waals surface area contributed by atoms with Crippen molar-refractivity contribution in [1.82, 2.24) is 5.32 Å². The third-order valence-electron chi connectivity index (χ3n) is 2.82. The molecule has 0 bridgehead atoms. The third kappa shape index (κ3) is 2.69. The molecule has 4 heteroatoms. The predicted octanol–water partition coefficient (Wildman–Crippen LogP) is 0.318. The largest absolute Gasteiger partial charge is 0.457 e. The molecule has 80 valence electrons. The Labute approximate surface area is 84.0 Å². The molecule has 0 spiro atoms. The van der Waals surface area contributed by atoms with E-state index >= 15 is 0 Å². The Balaban J connectivity index is 1.64. The van der Waals surface area contributed by atoms with Gasteiger partial charge in [-0.3, -0.25) is 4.79 Å². The molecule has 0 atom stereocenters. The summed E-state index contributed by atoms with van der Waals surface area (Å²) >= 11 is 0. The van der Waals surface area contributed by atoms with Crippen molar-refractivity contribution >= 4 is 5.97 Å². The Morgan fingerprint density at radius 2 is 2.07 bits per heavy atom. The number of esters is 1. The van der Waals surface area contributed by atoms with Gasteiger partial charge >= 0.3 is 5.97 Å². The number of carbonyl (C=O) groups is 1. The Bertz CT molecular complexity index is 198. The summed E-state index contributed by atoms with van der Waals surface area (Å²) in [7, 11) is 0. The summed E-state index contributed by atoms with van der Waals surface area (Å²) in [4.78, 5) is 11.4. The molecule has 0 aromatic carbocycles. The standard InChI is InChI=1S/C10H17NO3/c12-10(14-9-6-13-7-9)5-8-1-3-11-4-2-8/h8-9,11H,1-7H2. The maximum absolute atomic E-state index is 11.4.